The van der Waals surface area contributed by atoms with Gasteiger partial charge in [0.15, 0.2) is 6.10 Å². The van der Waals surface area contributed by atoms with Crippen LogP contribution in [0.25, 0.3) is 0 Å². The Hall–Kier alpha value is -2.49. The number of aliphatic imine (C=N–C) groups is 1. The first kappa shape index (κ1) is 14.4. The SMILES string of the molecule is CCC1Oc2ccc(N)cc2NC1=NC(C)c1ccccc1. The molecule has 1 aliphatic heterocycles. The summed E-state index contributed by atoms with van der Waals surface area (Å²) >= 11 is 0. The molecule has 0 saturated heterocycles. The van der Waals surface area contributed by atoms with Gasteiger partial charge in [-0.2, -0.15) is 0 Å². The molecule has 0 radical (unpaired) electrons. The Kier molecular flexibility index (Phi) is 4.00. The largest absolute Gasteiger partial charge is 0.480 e. The summed E-state index contributed by atoms with van der Waals surface area (Å²) in [6.07, 6.45) is 0.805. The second-order valence-corrected chi connectivity index (χ2v) is 5.50. The van der Waals surface area contributed by atoms with Crippen LogP contribution in [0.3, 0.4) is 0 Å². The minimum Gasteiger partial charge on any atom is -0.480 e. The van der Waals surface area contributed by atoms with Crippen LogP contribution >= 0.6 is 0 Å². The molecule has 4 nitrogen and oxygen atoms in total. The Labute approximate surface area is 131 Å². The number of rotatable bonds is 3. The van der Waals surface area contributed by atoms with Crippen LogP contribution in [0, 0.1) is 0 Å². The Morgan fingerprint density at radius 3 is 2.73 bits per heavy atom. The van der Waals surface area contributed by atoms with Gasteiger partial charge in [0, 0.05) is 5.69 Å². The molecular formula is C18H21N3O. The van der Waals surface area contributed by atoms with Crippen LogP contribution in [-0.4, -0.2) is 11.9 Å². The van der Waals surface area contributed by atoms with Crippen LogP contribution in [0.2, 0.25) is 0 Å². The summed E-state index contributed by atoms with van der Waals surface area (Å²) in [5.74, 6) is 1.68. The van der Waals surface area contributed by atoms with Gasteiger partial charge in [-0.05, 0) is 37.1 Å². The Bertz CT molecular complexity index is 682. The fourth-order valence-electron chi connectivity index (χ4n) is 2.58. The lowest BCUT2D eigenvalue weighted by Gasteiger charge is -2.29. The molecule has 2 atom stereocenters. The standard InChI is InChI=1S/C18H21N3O/c1-3-16-18(20-12(2)13-7-5-4-6-8-13)21-15-11-14(19)9-10-17(15)22-16/h4-12,16H,3,19H2,1-2H3,(H,20,21). The lowest BCUT2D eigenvalue weighted by atomic mass is 10.1. The van der Waals surface area contributed by atoms with E-state index in [0.29, 0.717) is 5.69 Å². The quantitative estimate of drug-likeness (QED) is 0.841. The molecule has 0 spiro atoms. The lowest BCUT2D eigenvalue weighted by Crippen LogP contribution is -2.37. The van der Waals surface area contributed by atoms with Gasteiger partial charge in [-0.1, -0.05) is 37.3 Å². The molecule has 3 N–H and O–H groups in total. The highest BCUT2D eigenvalue weighted by atomic mass is 16.5. The molecule has 0 bridgehead atoms. The van der Waals surface area contributed by atoms with E-state index in [1.54, 1.807) is 0 Å². The van der Waals surface area contributed by atoms with Gasteiger partial charge in [0.05, 0.1) is 11.7 Å². The summed E-state index contributed by atoms with van der Waals surface area (Å²) in [6, 6.07) is 16.0. The highest BCUT2D eigenvalue weighted by Crippen LogP contribution is 2.33. The van der Waals surface area contributed by atoms with Crippen molar-refractivity contribution in [2.45, 2.75) is 32.4 Å². The van der Waals surface area contributed by atoms with Crippen LogP contribution in [-0.2, 0) is 0 Å². The summed E-state index contributed by atoms with van der Waals surface area (Å²) in [5, 5.41) is 3.38. The molecule has 1 aliphatic rings. The first-order valence-corrected chi connectivity index (χ1v) is 7.63. The van der Waals surface area contributed by atoms with Crippen molar-refractivity contribution < 1.29 is 4.74 Å². The second kappa shape index (κ2) is 6.10. The molecule has 2 unspecified atom stereocenters. The number of hydrogen-bond donors (Lipinski definition) is 2. The van der Waals surface area contributed by atoms with Gasteiger partial charge in [-0.15, -0.1) is 0 Å². The highest BCUT2D eigenvalue weighted by Gasteiger charge is 2.25. The molecule has 0 saturated carbocycles. The zero-order valence-electron chi connectivity index (χ0n) is 12.9. The number of hydrogen-bond acceptors (Lipinski definition) is 3. The third-order valence-corrected chi connectivity index (χ3v) is 3.83. The maximum absolute atomic E-state index is 6.04. The summed E-state index contributed by atoms with van der Waals surface area (Å²) in [6.45, 7) is 4.18. The number of nitrogen functional groups attached to an aromatic ring is 1. The molecule has 4 heteroatoms. The Morgan fingerprint density at radius 2 is 2.00 bits per heavy atom. The first-order chi connectivity index (χ1) is 10.7. The number of nitrogens with zero attached hydrogens (tertiary/aromatic N) is 1. The van der Waals surface area contributed by atoms with E-state index in [1.807, 2.05) is 36.4 Å². The number of nitrogens with one attached hydrogen (secondary N) is 1. The summed E-state index contributed by atoms with van der Waals surface area (Å²) in [7, 11) is 0. The van der Waals surface area contributed by atoms with E-state index < -0.39 is 0 Å². The molecule has 1 heterocycles. The van der Waals surface area contributed by atoms with Crippen molar-refractivity contribution in [1.82, 2.24) is 0 Å². The minimum atomic E-state index is -0.0534. The van der Waals surface area contributed by atoms with Gasteiger partial charge in [-0.3, -0.25) is 4.99 Å². The van der Waals surface area contributed by atoms with E-state index in [4.69, 9.17) is 15.5 Å². The Morgan fingerprint density at radius 1 is 1.23 bits per heavy atom. The van der Waals surface area contributed by atoms with Crippen LogP contribution in [0.5, 0.6) is 5.75 Å². The van der Waals surface area contributed by atoms with Crippen molar-refractivity contribution >= 4 is 17.2 Å². The van der Waals surface area contributed by atoms with Gasteiger partial charge < -0.3 is 15.8 Å². The van der Waals surface area contributed by atoms with Gasteiger partial charge in [0.1, 0.15) is 11.6 Å². The van der Waals surface area contributed by atoms with Crippen molar-refractivity contribution in [1.29, 1.82) is 0 Å². The molecule has 2 aromatic carbocycles. The van der Waals surface area contributed by atoms with Gasteiger partial charge in [0.2, 0.25) is 0 Å². The van der Waals surface area contributed by atoms with Crippen molar-refractivity contribution in [2.75, 3.05) is 11.1 Å². The molecule has 22 heavy (non-hydrogen) atoms. The fraction of sp³-hybridized carbons (Fsp3) is 0.278. The van der Waals surface area contributed by atoms with Crippen molar-refractivity contribution in [3.8, 4) is 5.75 Å². The monoisotopic (exact) mass is 295 g/mol. The molecule has 0 amide bonds. The average molecular weight is 295 g/mol. The molecule has 2 aromatic rings. The summed E-state index contributed by atoms with van der Waals surface area (Å²) in [4.78, 5) is 4.83. The maximum atomic E-state index is 6.04. The fourth-order valence-corrected chi connectivity index (χ4v) is 2.58. The normalized spacial score (nSPS) is 19.9. The number of amidine groups is 1. The van der Waals surface area contributed by atoms with E-state index in [1.165, 1.54) is 5.56 Å². The second-order valence-electron chi connectivity index (χ2n) is 5.50. The average Bonchev–Trinajstić information content (AvgIpc) is 2.55. The molecule has 0 aromatic heterocycles. The number of fused-ring (bicyclic) bond motifs is 1. The maximum Gasteiger partial charge on any atom is 0.155 e. The number of benzene rings is 2. The number of anilines is 2. The molecule has 114 valence electrons. The van der Waals surface area contributed by atoms with Crippen LogP contribution in [0.4, 0.5) is 11.4 Å². The van der Waals surface area contributed by atoms with Gasteiger partial charge >= 0.3 is 0 Å². The predicted octanol–water partition coefficient (Wildman–Crippen LogP) is 4.01. The molecule has 3 rings (SSSR count). The van der Waals surface area contributed by atoms with Crippen LogP contribution < -0.4 is 15.8 Å². The van der Waals surface area contributed by atoms with Crippen molar-refractivity contribution in [2.24, 2.45) is 4.99 Å². The Balaban J connectivity index is 1.90. The lowest BCUT2D eigenvalue weighted by molar-refractivity contribution is 0.258. The van der Waals surface area contributed by atoms with E-state index in [0.717, 1.165) is 23.7 Å². The molecule has 0 aliphatic carbocycles. The molecule has 0 fully saturated rings. The smallest absolute Gasteiger partial charge is 0.155 e. The first-order valence-electron chi connectivity index (χ1n) is 7.63. The van der Waals surface area contributed by atoms with E-state index in [9.17, 15) is 0 Å². The third-order valence-electron chi connectivity index (χ3n) is 3.83. The highest BCUT2D eigenvalue weighted by molar-refractivity contribution is 6.02. The number of nitrogens with two attached hydrogens (primary N) is 1. The van der Waals surface area contributed by atoms with E-state index in [-0.39, 0.29) is 12.1 Å². The summed E-state index contributed by atoms with van der Waals surface area (Å²) in [5.41, 5.74) is 8.62. The topological polar surface area (TPSA) is 59.6 Å². The molecular weight excluding hydrogens is 274 g/mol. The van der Waals surface area contributed by atoms with Gasteiger partial charge in [0.25, 0.3) is 0 Å². The van der Waals surface area contributed by atoms with Gasteiger partial charge in [-0.25, -0.2) is 0 Å². The van der Waals surface area contributed by atoms with E-state index >= 15 is 0 Å². The zero-order valence-corrected chi connectivity index (χ0v) is 12.9. The predicted molar refractivity (Wildman–Crippen MR) is 91.5 cm³/mol. The van der Waals surface area contributed by atoms with Crippen molar-refractivity contribution in [3.05, 3.63) is 54.1 Å². The summed E-state index contributed by atoms with van der Waals surface area (Å²) < 4.78 is 6.04. The van der Waals surface area contributed by atoms with Crippen LogP contribution in [0.1, 0.15) is 31.9 Å². The van der Waals surface area contributed by atoms with Crippen LogP contribution in [0.15, 0.2) is 53.5 Å². The minimum absolute atomic E-state index is 0.0534. The third kappa shape index (κ3) is 2.91. The van der Waals surface area contributed by atoms with Crippen molar-refractivity contribution in [3.63, 3.8) is 0 Å². The van der Waals surface area contributed by atoms with E-state index in [2.05, 4.69) is 31.3 Å². The zero-order chi connectivity index (χ0) is 15.5. The number of ether oxygens (including phenoxy) is 1.